The van der Waals surface area contributed by atoms with Crippen molar-refractivity contribution in [3.8, 4) is 10.6 Å². The number of nitrogens with zero attached hydrogens (tertiary/aromatic N) is 2. The molecule has 1 aliphatic heterocycles. The summed E-state index contributed by atoms with van der Waals surface area (Å²) in [5, 5.41) is 5.17. The van der Waals surface area contributed by atoms with E-state index in [1.165, 1.54) is 15.1 Å². The average Bonchev–Trinajstić information content (AvgIpc) is 3.34. The van der Waals surface area contributed by atoms with Crippen LogP contribution in [0.2, 0.25) is 0 Å². The Balaban J connectivity index is 1.58. The van der Waals surface area contributed by atoms with Gasteiger partial charge in [0.2, 0.25) is 0 Å². The number of carbonyl (C=O) groups excluding carboxylic acids is 1. The molecule has 2 aromatic heterocycles. The second kappa shape index (κ2) is 8.74. The molecule has 5 rings (SSSR count). The number of anilines is 1. The highest BCUT2D eigenvalue weighted by Crippen LogP contribution is 2.45. The van der Waals surface area contributed by atoms with Gasteiger partial charge in [0, 0.05) is 28.4 Å². The molecule has 0 saturated carbocycles. The third kappa shape index (κ3) is 4.03. The molecular formula is C24H23N3OS3. The van der Waals surface area contributed by atoms with Crippen LogP contribution in [-0.4, -0.2) is 35.1 Å². The van der Waals surface area contributed by atoms with Gasteiger partial charge in [-0.2, -0.15) is 0 Å². The van der Waals surface area contributed by atoms with Crippen LogP contribution in [0.3, 0.4) is 0 Å². The van der Waals surface area contributed by atoms with Crippen molar-refractivity contribution in [2.75, 3.05) is 24.7 Å². The molecule has 7 heteroatoms. The number of hydrogen-bond donors (Lipinski definition) is 1. The molecule has 0 fully saturated rings. The fraction of sp³-hybridized carbons (Fsp3) is 0.250. The summed E-state index contributed by atoms with van der Waals surface area (Å²) in [6, 6.07) is 16.1. The molecule has 3 heterocycles. The van der Waals surface area contributed by atoms with E-state index in [0.717, 1.165) is 56.8 Å². The second-order valence-corrected chi connectivity index (χ2v) is 11.0. The fourth-order valence-corrected chi connectivity index (χ4v) is 7.17. The number of carbonyl (C=O) groups is 1. The number of hydrogen-bond acceptors (Lipinski definition) is 6. The Labute approximate surface area is 194 Å². The van der Waals surface area contributed by atoms with Crippen LogP contribution >= 0.6 is 34.4 Å². The standard InChI is InChI=1S/C24H23N3OS3/c1-3-29-18-10-6-4-8-16(18)22(28)26-24-21(15-12-13-27(2)14-20(15)31-24)23-25-17-9-5-7-11-19(17)30-23/h4-11H,3,12-14H2,1-2H3,(H,26,28). The Morgan fingerprint density at radius 3 is 2.81 bits per heavy atom. The summed E-state index contributed by atoms with van der Waals surface area (Å²) >= 11 is 5.10. The van der Waals surface area contributed by atoms with Crippen LogP contribution in [0, 0.1) is 0 Å². The van der Waals surface area contributed by atoms with E-state index in [2.05, 4.69) is 36.3 Å². The summed E-state index contributed by atoms with van der Waals surface area (Å²) in [7, 11) is 2.15. The molecule has 4 aromatic rings. The van der Waals surface area contributed by atoms with E-state index in [-0.39, 0.29) is 5.91 Å². The maximum Gasteiger partial charge on any atom is 0.257 e. The quantitative estimate of drug-likeness (QED) is 0.348. The van der Waals surface area contributed by atoms with Crippen molar-refractivity contribution in [2.24, 2.45) is 0 Å². The van der Waals surface area contributed by atoms with Gasteiger partial charge in [-0.15, -0.1) is 34.4 Å². The van der Waals surface area contributed by atoms with Crippen molar-refractivity contribution >= 4 is 55.6 Å². The van der Waals surface area contributed by atoms with Crippen molar-refractivity contribution in [1.29, 1.82) is 0 Å². The minimum Gasteiger partial charge on any atom is -0.313 e. The third-order valence-corrected chi connectivity index (χ3v) is 8.56. The van der Waals surface area contributed by atoms with Crippen LogP contribution < -0.4 is 5.32 Å². The van der Waals surface area contributed by atoms with Gasteiger partial charge in [-0.25, -0.2) is 4.98 Å². The minimum absolute atomic E-state index is 0.0501. The van der Waals surface area contributed by atoms with Gasteiger partial charge in [0.15, 0.2) is 0 Å². The molecule has 1 amide bonds. The van der Waals surface area contributed by atoms with E-state index >= 15 is 0 Å². The Kier molecular flexibility index (Phi) is 5.84. The molecule has 0 radical (unpaired) electrons. The zero-order valence-corrected chi connectivity index (χ0v) is 19.9. The van der Waals surface area contributed by atoms with Gasteiger partial charge in [-0.3, -0.25) is 4.79 Å². The molecule has 0 aliphatic carbocycles. The summed E-state index contributed by atoms with van der Waals surface area (Å²) in [5.41, 5.74) is 4.20. The zero-order chi connectivity index (χ0) is 21.4. The number of nitrogens with one attached hydrogen (secondary N) is 1. The molecule has 1 aliphatic rings. The third-order valence-electron chi connectivity index (χ3n) is 5.41. The molecule has 0 atom stereocenters. The molecule has 31 heavy (non-hydrogen) atoms. The van der Waals surface area contributed by atoms with E-state index in [1.807, 2.05) is 36.4 Å². The van der Waals surface area contributed by atoms with Crippen LogP contribution in [-0.2, 0) is 13.0 Å². The predicted molar refractivity (Wildman–Crippen MR) is 134 cm³/mol. The minimum atomic E-state index is -0.0501. The molecule has 4 nitrogen and oxygen atoms in total. The number of benzene rings is 2. The highest BCUT2D eigenvalue weighted by Gasteiger charge is 2.27. The number of likely N-dealkylation sites (N-methyl/N-ethyl adjacent to an activating group) is 1. The van der Waals surface area contributed by atoms with Gasteiger partial charge in [0.05, 0.1) is 15.8 Å². The summed E-state index contributed by atoms with van der Waals surface area (Å²) in [5.74, 6) is 0.881. The normalized spacial score (nSPS) is 14.0. The summed E-state index contributed by atoms with van der Waals surface area (Å²) in [4.78, 5) is 22.9. The number of para-hydroxylation sites is 1. The lowest BCUT2D eigenvalue weighted by Crippen LogP contribution is -2.25. The number of thiophene rings is 1. The van der Waals surface area contributed by atoms with Gasteiger partial charge in [-0.05, 0) is 49.1 Å². The molecule has 0 saturated heterocycles. The summed E-state index contributed by atoms with van der Waals surface area (Å²) in [6.45, 7) is 4.04. The Bertz CT molecular complexity index is 1230. The van der Waals surface area contributed by atoms with Crippen molar-refractivity contribution in [3.05, 3.63) is 64.5 Å². The zero-order valence-electron chi connectivity index (χ0n) is 17.5. The van der Waals surface area contributed by atoms with Crippen molar-refractivity contribution in [3.63, 3.8) is 0 Å². The first-order valence-corrected chi connectivity index (χ1v) is 13.0. The summed E-state index contributed by atoms with van der Waals surface area (Å²) in [6.07, 6.45) is 0.978. The Hall–Kier alpha value is -2.19. The lowest BCUT2D eigenvalue weighted by atomic mass is 10.0. The lowest BCUT2D eigenvalue weighted by Gasteiger charge is -2.22. The van der Waals surface area contributed by atoms with Gasteiger partial charge in [0.1, 0.15) is 10.0 Å². The molecule has 2 aromatic carbocycles. The van der Waals surface area contributed by atoms with Crippen LogP contribution in [0.25, 0.3) is 20.8 Å². The van der Waals surface area contributed by atoms with E-state index in [1.54, 1.807) is 34.4 Å². The molecule has 0 unspecified atom stereocenters. The highest BCUT2D eigenvalue weighted by atomic mass is 32.2. The number of aromatic nitrogens is 1. The lowest BCUT2D eigenvalue weighted by molar-refractivity contribution is 0.102. The first kappa shape index (κ1) is 20.7. The Morgan fingerprint density at radius 2 is 1.97 bits per heavy atom. The maximum absolute atomic E-state index is 13.3. The van der Waals surface area contributed by atoms with Crippen molar-refractivity contribution in [2.45, 2.75) is 24.8 Å². The average molecular weight is 466 g/mol. The number of amides is 1. The van der Waals surface area contributed by atoms with Crippen molar-refractivity contribution in [1.82, 2.24) is 9.88 Å². The SMILES string of the molecule is CCSc1ccccc1C(=O)Nc1sc2c(c1-c1nc3ccccc3s1)CCN(C)C2. The fourth-order valence-electron chi connectivity index (χ4n) is 3.93. The van der Waals surface area contributed by atoms with E-state index < -0.39 is 0 Å². The van der Waals surface area contributed by atoms with Gasteiger partial charge >= 0.3 is 0 Å². The molecular weight excluding hydrogens is 442 g/mol. The molecule has 158 valence electrons. The number of thiazole rings is 1. The number of fused-ring (bicyclic) bond motifs is 2. The number of rotatable bonds is 5. The first-order chi connectivity index (χ1) is 15.1. The topological polar surface area (TPSA) is 45.2 Å². The smallest absolute Gasteiger partial charge is 0.257 e. The van der Waals surface area contributed by atoms with Gasteiger partial charge < -0.3 is 10.2 Å². The molecule has 1 N–H and O–H groups in total. The van der Waals surface area contributed by atoms with Gasteiger partial charge in [0.25, 0.3) is 5.91 Å². The molecule has 0 spiro atoms. The van der Waals surface area contributed by atoms with E-state index in [0.29, 0.717) is 0 Å². The van der Waals surface area contributed by atoms with E-state index in [9.17, 15) is 4.79 Å². The van der Waals surface area contributed by atoms with Crippen LogP contribution in [0.5, 0.6) is 0 Å². The number of thioether (sulfide) groups is 1. The largest absolute Gasteiger partial charge is 0.313 e. The maximum atomic E-state index is 13.3. The molecule has 0 bridgehead atoms. The predicted octanol–water partition coefficient (Wildman–Crippen LogP) is 6.38. The van der Waals surface area contributed by atoms with Crippen LogP contribution in [0.1, 0.15) is 27.7 Å². The van der Waals surface area contributed by atoms with Crippen LogP contribution in [0.4, 0.5) is 5.00 Å². The monoisotopic (exact) mass is 465 g/mol. The Morgan fingerprint density at radius 1 is 1.16 bits per heavy atom. The van der Waals surface area contributed by atoms with Crippen molar-refractivity contribution < 1.29 is 4.79 Å². The highest BCUT2D eigenvalue weighted by molar-refractivity contribution is 7.99. The van der Waals surface area contributed by atoms with Crippen LogP contribution in [0.15, 0.2) is 53.4 Å². The summed E-state index contributed by atoms with van der Waals surface area (Å²) < 4.78 is 1.17. The van der Waals surface area contributed by atoms with Gasteiger partial charge in [-0.1, -0.05) is 31.2 Å². The second-order valence-electron chi connectivity index (χ2n) is 7.57. The van der Waals surface area contributed by atoms with E-state index in [4.69, 9.17) is 4.98 Å². The first-order valence-electron chi connectivity index (χ1n) is 10.4.